The number of rotatable bonds is 6. The minimum atomic E-state index is -3.53. The summed E-state index contributed by atoms with van der Waals surface area (Å²) in [4.78, 5) is 11.2. The van der Waals surface area contributed by atoms with Crippen molar-refractivity contribution in [3.8, 4) is 0 Å². The van der Waals surface area contributed by atoms with Crippen molar-refractivity contribution in [1.29, 1.82) is 0 Å². The summed E-state index contributed by atoms with van der Waals surface area (Å²) in [6.07, 6.45) is 0. The molecule has 1 rings (SSSR count). The number of benzene rings is 1. The first kappa shape index (κ1) is 15.6. The lowest BCUT2D eigenvalue weighted by Gasteiger charge is -2.17. The van der Waals surface area contributed by atoms with Gasteiger partial charge in [-0.25, -0.2) is 8.42 Å². The van der Waals surface area contributed by atoms with E-state index >= 15 is 0 Å². The van der Waals surface area contributed by atoms with Crippen molar-refractivity contribution < 1.29 is 13.2 Å². The summed E-state index contributed by atoms with van der Waals surface area (Å²) in [5.74, 6) is -0.508. The van der Waals surface area contributed by atoms with Gasteiger partial charge in [0.2, 0.25) is 15.9 Å². The van der Waals surface area contributed by atoms with Gasteiger partial charge in [-0.15, -0.1) is 0 Å². The summed E-state index contributed by atoms with van der Waals surface area (Å²) in [5.41, 5.74) is 7.03. The Labute approximate surface area is 113 Å². The van der Waals surface area contributed by atoms with Crippen LogP contribution in [-0.4, -0.2) is 39.3 Å². The zero-order valence-corrected chi connectivity index (χ0v) is 11.9. The molecule has 0 aliphatic carbocycles. The first-order chi connectivity index (χ1) is 8.90. The zero-order chi connectivity index (χ0) is 14.5. The number of carbonyl (C=O) groups is 1. The highest BCUT2D eigenvalue weighted by Gasteiger charge is 2.21. The number of hydrogen-bond acceptors (Lipinski definition) is 4. The molecule has 0 bridgehead atoms. The molecule has 0 fully saturated rings. The molecule has 19 heavy (non-hydrogen) atoms. The Morgan fingerprint density at radius 3 is 2.42 bits per heavy atom. The van der Waals surface area contributed by atoms with Crippen LogP contribution in [0.1, 0.15) is 11.1 Å². The van der Waals surface area contributed by atoms with Crippen LogP contribution in [0.25, 0.3) is 0 Å². The summed E-state index contributed by atoms with van der Waals surface area (Å²) in [6, 6.07) is 7.10. The van der Waals surface area contributed by atoms with Crippen molar-refractivity contribution >= 4 is 15.9 Å². The number of carbonyl (C=O) groups excluding carboxylic acids is 1. The molecule has 0 aliphatic heterocycles. The highest BCUT2D eigenvalue weighted by atomic mass is 32.2. The van der Waals surface area contributed by atoms with E-state index in [1.165, 1.54) is 14.1 Å². The van der Waals surface area contributed by atoms with Crippen LogP contribution >= 0.6 is 0 Å². The van der Waals surface area contributed by atoms with Gasteiger partial charge in [-0.05, 0) is 11.1 Å². The highest BCUT2D eigenvalue weighted by Crippen LogP contribution is 2.14. The van der Waals surface area contributed by atoms with E-state index in [2.05, 4.69) is 5.32 Å². The fourth-order valence-corrected chi connectivity index (χ4v) is 2.79. The molecule has 0 unspecified atom stereocenters. The highest BCUT2D eigenvalue weighted by molar-refractivity contribution is 7.88. The molecule has 1 amide bonds. The van der Waals surface area contributed by atoms with Crippen molar-refractivity contribution in [3.05, 3.63) is 35.4 Å². The van der Waals surface area contributed by atoms with Gasteiger partial charge in [0.1, 0.15) is 0 Å². The number of amides is 1. The number of sulfonamides is 1. The lowest BCUT2D eigenvalue weighted by atomic mass is 10.1. The summed E-state index contributed by atoms with van der Waals surface area (Å²) in [6.45, 7) is 0.0917. The Hall–Kier alpha value is -1.44. The van der Waals surface area contributed by atoms with Gasteiger partial charge in [-0.3, -0.25) is 4.79 Å². The Kier molecular flexibility index (Phi) is 5.46. The smallest absolute Gasteiger partial charge is 0.235 e. The van der Waals surface area contributed by atoms with Gasteiger partial charge in [0.05, 0.1) is 12.3 Å². The Morgan fingerprint density at radius 1 is 1.32 bits per heavy atom. The van der Waals surface area contributed by atoms with Crippen LogP contribution < -0.4 is 11.1 Å². The minimum absolute atomic E-state index is 0.159. The molecule has 7 heteroatoms. The molecule has 6 nitrogen and oxygen atoms in total. The fourth-order valence-electron chi connectivity index (χ4n) is 1.58. The maximum atomic E-state index is 12.1. The van der Waals surface area contributed by atoms with Crippen molar-refractivity contribution in [2.45, 2.75) is 12.3 Å². The van der Waals surface area contributed by atoms with E-state index in [0.29, 0.717) is 5.56 Å². The molecule has 0 aromatic heterocycles. The monoisotopic (exact) mass is 285 g/mol. The SMILES string of the molecule is CNC(=O)CN(C)S(=O)(=O)Cc1ccccc1CN. The van der Waals surface area contributed by atoms with E-state index in [0.717, 1.165) is 9.87 Å². The third-order valence-electron chi connectivity index (χ3n) is 2.80. The predicted molar refractivity (Wildman–Crippen MR) is 73.7 cm³/mol. The number of nitrogens with zero attached hydrogens (tertiary/aromatic N) is 1. The van der Waals surface area contributed by atoms with E-state index < -0.39 is 10.0 Å². The molecular formula is C12H19N3O3S. The molecule has 0 heterocycles. The Bertz CT molecular complexity index is 543. The molecule has 0 spiro atoms. The second kappa shape index (κ2) is 6.65. The largest absolute Gasteiger partial charge is 0.358 e. The van der Waals surface area contributed by atoms with Gasteiger partial charge in [-0.2, -0.15) is 4.31 Å². The predicted octanol–water partition coefficient (Wildman–Crippen LogP) is -0.347. The van der Waals surface area contributed by atoms with E-state index in [9.17, 15) is 13.2 Å². The van der Waals surface area contributed by atoms with Crippen molar-refractivity contribution in [3.63, 3.8) is 0 Å². The molecular weight excluding hydrogens is 266 g/mol. The van der Waals surface area contributed by atoms with Gasteiger partial charge < -0.3 is 11.1 Å². The van der Waals surface area contributed by atoms with Gasteiger partial charge >= 0.3 is 0 Å². The average molecular weight is 285 g/mol. The Balaban J connectivity index is 2.87. The second-order valence-electron chi connectivity index (χ2n) is 4.16. The Morgan fingerprint density at radius 2 is 1.89 bits per heavy atom. The number of likely N-dealkylation sites (N-methyl/N-ethyl adjacent to an activating group) is 2. The van der Waals surface area contributed by atoms with Crippen LogP contribution in [0.3, 0.4) is 0 Å². The molecule has 0 saturated heterocycles. The average Bonchev–Trinajstić information content (AvgIpc) is 2.38. The van der Waals surface area contributed by atoms with Gasteiger partial charge in [0.15, 0.2) is 0 Å². The quantitative estimate of drug-likeness (QED) is 0.747. The maximum absolute atomic E-state index is 12.1. The summed E-state index contributed by atoms with van der Waals surface area (Å²) >= 11 is 0. The molecule has 1 aromatic rings. The van der Waals surface area contributed by atoms with Crippen LogP contribution in [0, 0.1) is 0 Å². The first-order valence-corrected chi connectivity index (χ1v) is 7.43. The normalized spacial score (nSPS) is 11.6. The van der Waals surface area contributed by atoms with Crippen LogP contribution in [0.4, 0.5) is 0 Å². The third kappa shape index (κ3) is 4.30. The van der Waals surface area contributed by atoms with Gasteiger partial charge in [-0.1, -0.05) is 24.3 Å². The zero-order valence-electron chi connectivity index (χ0n) is 11.1. The number of hydrogen-bond donors (Lipinski definition) is 2. The standard InChI is InChI=1S/C12H19N3O3S/c1-14-12(16)8-15(2)19(17,18)9-11-6-4-3-5-10(11)7-13/h3-6H,7-9,13H2,1-2H3,(H,14,16). The van der Waals surface area contributed by atoms with E-state index in [4.69, 9.17) is 5.73 Å². The molecule has 0 aliphatic rings. The topological polar surface area (TPSA) is 92.5 Å². The van der Waals surface area contributed by atoms with Crippen LogP contribution in [0.15, 0.2) is 24.3 Å². The number of nitrogens with two attached hydrogens (primary N) is 1. The summed E-state index contributed by atoms with van der Waals surface area (Å²) < 4.78 is 25.3. The lowest BCUT2D eigenvalue weighted by Crippen LogP contribution is -2.37. The molecule has 0 saturated carbocycles. The van der Waals surface area contributed by atoms with Crippen LogP contribution in [0.2, 0.25) is 0 Å². The van der Waals surface area contributed by atoms with E-state index in [-0.39, 0.29) is 24.7 Å². The molecule has 1 aromatic carbocycles. The molecule has 106 valence electrons. The lowest BCUT2D eigenvalue weighted by molar-refractivity contribution is -0.120. The van der Waals surface area contributed by atoms with E-state index in [1.807, 2.05) is 6.07 Å². The van der Waals surface area contributed by atoms with Crippen LogP contribution in [-0.2, 0) is 27.1 Å². The van der Waals surface area contributed by atoms with Gasteiger partial charge in [0.25, 0.3) is 0 Å². The summed E-state index contributed by atoms with van der Waals surface area (Å²) in [7, 11) is -0.685. The minimum Gasteiger partial charge on any atom is -0.358 e. The number of nitrogens with one attached hydrogen (secondary N) is 1. The molecule has 0 radical (unpaired) electrons. The maximum Gasteiger partial charge on any atom is 0.235 e. The van der Waals surface area contributed by atoms with Crippen molar-refractivity contribution in [2.24, 2.45) is 5.73 Å². The van der Waals surface area contributed by atoms with Crippen LogP contribution in [0.5, 0.6) is 0 Å². The molecule has 3 N–H and O–H groups in total. The fraction of sp³-hybridized carbons (Fsp3) is 0.417. The first-order valence-electron chi connectivity index (χ1n) is 5.82. The van der Waals surface area contributed by atoms with E-state index in [1.54, 1.807) is 18.2 Å². The van der Waals surface area contributed by atoms with Crippen molar-refractivity contribution in [2.75, 3.05) is 20.6 Å². The van der Waals surface area contributed by atoms with Gasteiger partial charge in [0, 0.05) is 20.6 Å². The third-order valence-corrected chi connectivity index (χ3v) is 4.55. The molecule has 0 atom stereocenters. The second-order valence-corrected chi connectivity index (χ2v) is 6.23. The summed E-state index contributed by atoms with van der Waals surface area (Å²) in [5, 5.41) is 2.39. The van der Waals surface area contributed by atoms with Crippen molar-refractivity contribution in [1.82, 2.24) is 9.62 Å².